The summed E-state index contributed by atoms with van der Waals surface area (Å²) in [7, 11) is -1.95. The summed E-state index contributed by atoms with van der Waals surface area (Å²) in [4.78, 5) is 0. The van der Waals surface area contributed by atoms with Gasteiger partial charge in [0.2, 0.25) is 0 Å². The van der Waals surface area contributed by atoms with Crippen molar-refractivity contribution in [2.24, 2.45) is 10.8 Å². The van der Waals surface area contributed by atoms with E-state index in [0.717, 1.165) is 24.8 Å². The van der Waals surface area contributed by atoms with Gasteiger partial charge in [0, 0.05) is 22.8 Å². The molecule has 2 atom stereocenters. The number of aliphatic hydroxyl groups is 1. The van der Waals surface area contributed by atoms with Crippen LogP contribution in [0.4, 0.5) is 0 Å². The maximum atomic E-state index is 9.50. The van der Waals surface area contributed by atoms with Gasteiger partial charge in [-0.1, -0.05) is 107 Å². The normalized spacial score (nSPS) is 24.5. The molecule has 2 saturated carbocycles. The Morgan fingerprint density at radius 3 is 2.39 bits per heavy atom. The zero-order chi connectivity index (χ0) is 26.3. The smallest absolute Gasteiger partial charge is 0.192 e. The highest BCUT2D eigenvalue weighted by atomic mass is 28.4. The molecule has 2 unspecified atom stereocenters. The number of hydrogen-bond donors (Lipinski definition) is 1. The lowest BCUT2D eigenvalue weighted by Crippen LogP contribution is -2.50. The molecule has 0 aromatic heterocycles. The summed E-state index contributed by atoms with van der Waals surface area (Å²) in [5.41, 5.74) is 2.59. The molecule has 2 aliphatic carbocycles. The second kappa shape index (κ2) is 12.1. The van der Waals surface area contributed by atoms with E-state index in [2.05, 4.69) is 101 Å². The largest absolute Gasteiger partial charge is 0.410 e. The lowest BCUT2D eigenvalue weighted by Gasteiger charge is -2.50. The van der Waals surface area contributed by atoms with E-state index in [1.54, 1.807) is 0 Å². The Morgan fingerprint density at radius 1 is 1.06 bits per heavy atom. The predicted octanol–water partition coefficient (Wildman–Crippen LogP) is 8.60. The number of rotatable bonds is 8. The number of aliphatic hydroxyl groups excluding tert-OH is 1. The first-order valence-corrected chi connectivity index (χ1v) is 16.8. The van der Waals surface area contributed by atoms with E-state index >= 15 is 0 Å². The molecule has 0 bridgehead atoms. The minimum atomic E-state index is -1.95. The van der Waals surface area contributed by atoms with Crippen molar-refractivity contribution in [1.82, 2.24) is 0 Å². The van der Waals surface area contributed by atoms with E-state index in [9.17, 15) is 5.11 Å². The molecule has 36 heavy (non-hydrogen) atoms. The standard InChI is InChI=1S/C33H48O2Si/c1-31(2,3)36(5,6)35-30(20-11-13-23-32(4)22-12-10-19-29(32)21-27-34)33(25-15-26-33)24-14-18-28-16-8-7-9-17-28/h7-9,11,13,16-17,20-21,23,30,34H,10,12,15,19,22,24-27H2,1-6H3/b20-11+,23-13+,29-21+. The van der Waals surface area contributed by atoms with Crippen LogP contribution >= 0.6 is 0 Å². The van der Waals surface area contributed by atoms with Crippen molar-refractivity contribution in [2.45, 2.75) is 103 Å². The molecule has 2 nitrogen and oxygen atoms in total. The van der Waals surface area contributed by atoms with Crippen molar-refractivity contribution in [1.29, 1.82) is 0 Å². The fraction of sp³-hybridized carbons (Fsp3) is 0.576. The first-order valence-electron chi connectivity index (χ1n) is 13.9. The van der Waals surface area contributed by atoms with Crippen LogP contribution < -0.4 is 0 Å². The quantitative estimate of drug-likeness (QED) is 0.166. The van der Waals surface area contributed by atoms with Crippen LogP contribution in [0.5, 0.6) is 0 Å². The molecule has 0 heterocycles. The van der Waals surface area contributed by atoms with Gasteiger partial charge in [0.05, 0.1) is 12.7 Å². The molecule has 2 aliphatic rings. The summed E-state index contributed by atoms with van der Waals surface area (Å²) >= 11 is 0. The van der Waals surface area contributed by atoms with Crippen LogP contribution in [-0.2, 0) is 4.43 Å². The van der Waals surface area contributed by atoms with Crippen LogP contribution in [0.25, 0.3) is 0 Å². The monoisotopic (exact) mass is 504 g/mol. The van der Waals surface area contributed by atoms with Crippen molar-refractivity contribution in [2.75, 3.05) is 6.61 Å². The summed E-state index contributed by atoms with van der Waals surface area (Å²) in [6, 6.07) is 10.3. The number of hydrogen-bond acceptors (Lipinski definition) is 2. The maximum absolute atomic E-state index is 9.50. The molecular formula is C33H48O2Si. The predicted molar refractivity (Wildman–Crippen MR) is 156 cm³/mol. The first-order chi connectivity index (χ1) is 17.0. The van der Waals surface area contributed by atoms with E-state index in [0.29, 0.717) is 0 Å². The minimum absolute atomic E-state index is 0.0381. The summed E-state index contributed by atoms with van der Waals surface area (Å²) in [5.74, 6) is 6.91. The number of benzene rings is 1. The van der Waals surface area contributed by atoms with Crippen molar-refractivity contribution in [3.63, 3.8) is 0 Å². The molecule has 2 fully saturated rings. The van der Waals surface area contributed by atoms with Crippen molar-refractivity contribution in [3.05, 3.63) is 71.8 Å². The van der Waals surface area contributed by atoms with E-state index in [1.165, 1.54) is 37.7 Å². The highest BCUT2D eigenvalue weighted by molar-refractivity contribution is 6.74. The third-order valence-electron chi connectivity index (χ3n) is 8.95. The Kier molecular flexibility index (Phi) is 9.66. The zero-order valence-corrected chi connectivity index (χ0v) is 24.6. The van der Waals surface area contributed by atoms with Crippen molar-refractivity contribution in [3.8, 4) is 11.8 Å². The summed E-state index contributed by atoms with van der Waals surface area (Å²) in [6.07, 6.45) is 20.4. The second-order valence-electron chi connectivity index (χ2n) is 12.6. The molecule has 0 spiro atoms. The Morgan fingerprint density at radius 2 is 1.78 bits per heavy atom. The molecule has 0 saturated heterocycles. The van der Waals surface area contributed by atoms with Gasteiger partial charge >= 0.3 is 0 Å². The molecule has 1 aromatic rings. The summed E-state index contributed by atoms with van der Waals surface area (Å²) < 4.78 is 7.10. The molecule has 1 N–H and O–H groups in total. The molecular weight excluding hydrogens is 456 g/mol. The fourth-order valence-electron chi connectivity index (χ4n) is 5.22. The van der Waals surface area contributed by atoms with Gasteiger partial charge in [-0.05, 0) is 62.4 Å². The van der Waals surface area contributed by atoms with E-state index in [4.69, 9.17) is 4.43 Å². The minimum Gasteiger partial charge on any atom is -0.410 e. The Hall–Kier alpha value is -1.86. The maximum Gasteiger partial charge on any atom is 0.192 e. The van der Waals surface area contributed by atoms with Crippen molar-refractivity contribution < 1.29 is 9.53 Å². The average molecular weight is 505 g/mol. The molecule has 0 aliphatic heterocycles. The zero-order valence-electron chi connectivity index (χ0n) is 23.6. The summed E-state index contributed by atoms with van der Waals surface area (Å²) in [5, 5.41) is 9.66. The fourth-order valence-corrected chi connectivity index (χ4v) is 6.54. The molecule has 0 radical (unpaired) electrons. The van der Waals surface area contributed by atoms with Gasteiger partial charge in [0.25, 0.3) is 0 Å². The number of allylic oxidation sites excluding steroid dienone is 4. The highest BCUT2D eigenvalue weighted by Gasteiger charge is 2.48. The van der Waals surface area contributed by atoms with Crippen LogP contribution in [-0.4, -0.2) is 26.1 Å². The van der Waals surface area contributed by atoms with Gasteiger partial charge < -0.3 is 9.53 Å². The summed E-state index contributed by atoms with van der Waals surface area (Å²) in [6.45, 7) is 14.1. The van der Waals surface area contributed by atoms with Gasteiger partial charge in [-0.3, -0.25) is 0 Å². The third-order valence-corrected chi connectivity index (χ3v) is 13.4. The highest BCUT2D eigenvalue weighted by Crippen LogP contribution is 2.51. The van der Waals surface area contributed by atoms with Crippen LogP contribution in [0.1, 0.15) is 84.6 Å². The SMILES string of the molecule is CC1(/C=C/C=C/C(O[Si](C)(C)C(C)(C)C)C2(CC#Cc3ccccc3)CCC2)CCCC/C1=C\CO. The van der Waals surface area contributed by atoms with Crippen molar-refractivity contribution >= 4 is 8.32 Å². The van der Waals surface area contributed by atoms with Gasteiger partial charge in [-0.25, -0.2) is 0 Å². The van der Waals surface area contributed by atoms with Gasteiger partial charge in [-0.2, -0.15) is 0 Å². The topological polar surface area (TPSA) is 29.5 Å². The lowest BCUT2D eigenvalue weighted by molar-refractivity contribution is 0.00682. The Balaban J connectivity index is 1.84. The average Bonchev–Trinajstić information content (AvgIpc) is 2.79. The van der Waals surface area contributed by atoms with Crippen LogP contribution in [0, 0.1) is 22.7 Å². The molecule has 3 heteroatoms. The van der Waals surface area contributed by atoms with Crippen LogP contribution in [0.3, 0.4) is 0 Å². The van der Waals surface area contributed by atoms with E-state index in [1.807, 2.05) is 12.1 Å². The first kappa shape index (κ1) is 28.7. The third kappa shape index (κ3) is 7.12. The van der Waals surface area contributed by atoms with Gasteiger partial charge in [0.1, 0.15) is 0 Å². The lowest BCUT2D eigenvalue weighted by atomic mass is 9.63. The molecule has 1 aromatic carbocycles. The van der Waals surface area contributed by atoms with Gasteiger partial charge in [0.15, 0.2) is 8.32 Å². The van der Waals surface area contributed by atoms with Crippen LogP contribution in [0.15, 0.2) is 66.3 Å². The second-order valence-corrected chi connectivity index (χ2v) is 17.4. The van der Waals surface area contributed by atoms with E-state index in [-0.39, 0.29) is 28.6 Å². The van der Waals surface area contributed by atoms with Crippen LogP contribution in [0.2, 0.25) is 18.1 Å². The molecule has 196 valence electrons. The molecule has 0 amide bonds. The Labute approximate surface area is 222 Å². The molecule has 3 rings (SSSR count). The van der Waals surface area contributed by atoms with Gasteiger partial charge in [-0.15, -0.1) is 0 Å². The Bertz CT molecular complexity index is 996. The van der Waals surface area contributed by atoms with E-state index < -0.39 is 8.32 Å².